The Kier molecular flexibility index (Phi) is 3.24. The van der Waals surface area contributed by atoms with Crippen molar-refractivity contribution in [3.63, 3.8) is 0 Å². The van der Waals surface area contributed by atoms with Gasteiger partial charge in [0.2, 0.25) is 17.8 Å². The maximum atomic E-state index is 11.9. The van der Waals surface area contributed by atoms with E-state index in [2.05, 4.69) is 25.9 Å². The van der Waals surface area contributed by atoms with E-state index in [0.717, 1.165) is 0 Å². The summed E-state index contributed by atoms with van der Waals surface area (Å²) >= 11 is 0. The highest BCUT2D eigenvalue weighted by Crippen LogP contribution is 2.26. The van der Waals surface area contributed by atoms with Crippen molar-refractivity contribution < 1.29 is 13.8 Å². The summed E-state index contributed by atoms with van der Waals surface area (Å²) in [6, 6.07) is 0. The molecule has 0 saturated carbocycles. The van der Waals surface area contributed by atoms with Crippen molar-refractivity contribution in [2.45, 2.75) is 24.2 Å². The monoisotopic (exact) mass is 269 g/mol. The third-order valence-corrected chi connectivity index (χ3v) is 3.47. The van der Waals surface area contributed by atoms with Gasteiger partial charge in [-0.2, -0.15) is 4.98 Å². The molecule has 1 aromatic heterocycles. The second-order valence-electron chi connectivity index (χ2n) is 3.61. The molecule has 0 aromatic carbocycles. The molecule has 8 nitrogen and oxygen atoms in total. The molecule has 1 aromatic rings. The SMILES string of the molecule is CC(=O)Nc1ncc2c(n1)N[C@@H](NC(C)=O)[S@]2=O. The number of nitrogens with one attached hydrogen (secondary N) is 3. The van der Waals surface area contributed by atoms with Crippen molar-refractivity contribution in [1.82, 2.24) is 15.3 Å². The van der Waals surface area contributed by atoms with Crippen LogP contribution in [0.1, 0.15) is 13.8 Å². The highest BCUT2D eigenvalue weighted by Gasteiger charge is 2.31. The summed E-state index contributed by atoms with van der Waals surface area (Å²) in [5.74, 6) is -0.142. The van der Waals surface area contributed by atoms with E-state index in [9.17, 15) is 13.8 Å². The zero-order valence-corrected chi connectivity index (χ0v) is 10.5. The van der Waals surface area contributed by atoms with Crippen LogP contribution in [-0.4, -0.2) is 31.5 Å². The third-order valence-electron chi connectivity index (χ3n) is 2.08. The number of rotatable bonds is 2. The zero-order chi connectivity index (χ0) is 13.3. The quantitative estimate of drug-likeness (QED) is 0.660. The zero-order valence-electron chi connectivity index (χ0n) is 9.68. The average molecular weight is 269 g/mol. The minimum absolute atomic E-state index is 0.120. The summed E-state index contributed by atoms with van der Waals surface area (Å²) in [6.45, 7) is 2.67. The lowest BCUT2D eigenvalue weighted by molar-refractivity contribution is -0.119. The average Bonchev–Trinajstić information content (AvgIpc) is 2.54. The Morgan fingerprint density at radius 3 is 2.72 bits per heavy atom. The van der Waals surface area contributed by atoms with Crippen molar-refractivity contribution in [2.75, 3.05) is 10.6 Å². The molecule has 0 saturated heterocycles. The summed E-state index contributed by atoms with van der Waals surface area (Å²) in [7, 11) is -1.46. The number of amides is 2. The van der Waals surface area contributed by atoms with Crippen LogP contribution < -0.4 is 16.0 Å². The van der Waals surface area contributed by atoms with Crippen LogP contribution in [-0.2, 0) is 20.4 Å². The van der Waals surface area contributed by atoms with Gasteiger partial charge < -0.3 is 10.6 Å². The molecule has 0 unspecified atom stereocenters. The van der Waals surface area contributed by atoms with Crippen molar-refractivity contribution in [3.8, 4) is 0 Å². The predicted octanol–water partition coefficient (Wildman–Crippen LogP) is -0.612. The number of carbonyl (C=O) groups excluding carboxylic acids is 2. The van der Waals surface area contributed by atoms with Crippen LogP contribution in [0.3, 0.4) is 0 Å². The molecule has 96 valence electrons. The Morgan fingerprint density at radius 1 is 1.39 bits per heavy atom. The summed E-state index contributed by atoms with van der Waals surface area (Å²) < 4.78 is 11.9. The van der Waals surface area contributed by atoms with Crippen LogP contribution in [0.2, 0.25) is 0 Å². The molecule has 1 aliphatic heterocycles. The van der Waals surface area contributed by atoms with Crippen molar-refractivity contribution >= 4 is 34.4 Å². The van der Waals surface area contributed by atoms with E-state index in [0.29, 0.717) is 10.7 Å². The third kappa shape index (κ3) is 2.45. The fraction of sp³-hybridized carbons (Fsp3) is 0.333. The Hall–Kier alpha value is -2.03. The van der Waals surface area contributed by atoms with Gasteiger partial charge in [0.1, 0.15) is 21.5 Å². The molecule has 9 heteroatoms. The Labute approximate surface area is 105 Å². The lowest BCUT2D eigenvalue weighted by Crippen LogP contribution is -2.39. The standard InChI is InChI=1S/C9H11N5O3S/c1-4(15)11-8-10-3-6-7(13-8)14-9(18(6)17)12-5(2)16/h3,9H,1-2H3,(H,12,16)(H2,10,11,13,14,15)/t9-,18+/m1/s1. The van der Waals surface area contributed by atoms with Gasteiger partial charge in [-0.05, 0) is 0 Å². The lowest BCUT2D eigenvalue weighted by atomic mass is 10.5. The van der Waals surface area contributed by atoms with Crippen molar-refractivity contribution in [2.24, 2.45) is 0 Å². The number of aromatic nitrogens is 2. The van der Waals surface area contributed by atoms with Crippen molar-refractivity contribution in [3.05, 3.63) is 6.20 Å². The lowest BCUT2D eigenvalue weighted by Gasteiger charge is -2.09. The van der Waals surface area contributed by atoms with Crippen LogP contribution in [0.15, 0.2) is 11.1 Å². The molecule has 2 amide bonds. The Balaban J connectivity index is 2.23. The van der Waals surface area contributed by atoms with Crippen molar-refractivity contribution in [1.29, 1.82) is 0 Å². The molecule has 18 heavy (non-hydrogen) atoms. The summed E-state index contributed by atoms with van der Waals surface area (Å²) in [5.41, 5.74) is -0.723. The first-order chi connectivity index (χ1) is 8.47. The summed E-state index contributed by atoms with van der Waals surface area (Å²) in [6.07, 6.45) is 1.36. The topological polar surface area (TPSA) is 113 Å². The smallest absolute Gasteiger partial charge is 0.231 e. The van der Waals surface area contributed by atoms with Gasteiger partial charge in [0.15, 0.2) is 5.50 Å². The molecule has 0 aliphatic carbocycles. The molecular formula is C9H11N5O3S. The van der Waals surface area contributed by atoms with Gasteiger partial charge in [-0.25, -0.2) is 9.19 Å². The van der Waals surface area contributed by atoms with Crippen LogP contribution in [0.25, 0.3) is 0 Å². The number of carbonyl (C=O) groups is 2. The number of nitrogens with zero attached hydrogens (tertiary/aromatic N) is 2. The van der Waals surface area contributed by atoms with Crippen LogP contribution in [0.4, 0.5) is 11.8 Å². The van der Waals surface area contributed by atoms with E-state index < -0.39 is 16.3 Å². The second kappa shape index (κ2) is 4.69. The maximum Gasteiger partial charge on any atom is 0.231 e. The van der Waals surface area contributed by atoms with E-state index in [-0.39, 0.29) is 17.8 Å². The molecule has 0 spiro atoms. The molecule has 1 aliphatic rings. The molecule has 0 fully saturated rings. The van der Waals surface area contributed by atoms with Gasteiger partial charge >= 0.3 is 0 Å². The molecule has 2 rings (SSSR count). The number of fused-ring (bicyclic) bond motifs is 1. The molecule has 2 atom stereocenters. The van der Waals surface area contributed by atoms with Gasteiger partial charge in [-0.3, -0.25) is 14.9 Å². The molecular weight excluding hydrogens is 258 g/mol. The van der Waals surface area contributed by atoms with Gasteiger partial charge in [-0.15, -0.1) is 0 Å². The van der Waals surface area contributed by atoms with E-state index in [4.69, 9.17) is 0 Å². The van der Waals surface area contributed by atoms with E-state index >= 15 is 0 Å². The molecule has 3 N–H and O–H groups in total. The minimum atomic E-state index is -1.46. The predicted molar refractivity (Wildman–Crippen MR) is 64.0 cm³/mol. The van der Waals surface area contributed by atoms with Gasteiger partial charge in [0, 0.05) is 13.8 Å². The van der Waals surface area contributed by atoms with E-state index in [1.54, 1.807) is 0 Å². The normalized spacial score (nSPS) is 20.8. The molecule has 0 bridgehead atoms. The fourth-order valence-corrected chi connectivity index (χ4v) is 2.62. The van der Waals surface area contributed by atoms with Gasteiger partial charge in [-0.1, -0.05) is 0 Å². The molecule has 0 radical (unpaired) electrons. The first-order valence-corrected chi connectivity index (χ1v) is 6.27. The van der Waals surface area contributed by atoms with Crippen LogP contribution >= 0.6 is 0 Å². The molecule has 2 heterocycles. The largest absolute Gasteiger partial charge is 0.338 e. The number of anilines is 2. The summed E-state index contributed by atoms with van der Waals surface area (Å²) in [4.78, 5) is 30.0. The van der Waals surface area contributed by atoms with Gasteiger partial charge in [0.05, 0.1) is 6.20 Å². The Bertz CT molecular complexity index is 547. The second-order valence-corrected chi connectivity index (χ2v) is 5.12. The highest BCUT2D eigenvalue weighted by molar-refractivity contribution is 7.86. The first-order valence-electron chi connectivity index (χ1n) is 5.06. The first kappa shape index (κ1) is 12.4. The highest BCUT2D eigenvalue weighted by atomic mass is 32.2. The van der Waals surface area contributed by atoms with Crippen LogP contribution in [0.5, 0.6) is 0 Å². The Morgan fingerprint density at radius 2 is 2.11 bits per heavy atom. The fourth-order valence-electron chi connectivity index (χ4n) is 1.42. The van der Waals surface area contributed by atoms with E-state index in [1.807, 2.05) is 0 Å². The minimum Gasteiger partial charge on any atom is -0.338 e. The maximum absolute atomic E-state index is 11.9. The van der Waals surface area contributed by atoms with E-state index in [1.165, 1.54) is 20.0 Å². The van der Waals surface area contributed by atoms with Crippen LogP contribution in [0, 0.1) is 0 Å². The van der Waals surface area contributed by atoms with Gasteiger partial charge in [0.25, 0.3) is 0 Å². The number of hydrogen-bond acceptors (Lipinski definition) is 6. The summed E-state index contributed by atoms with van der Waals surface area (Å²) in [5, 5.41) is 7.71. The number of hydrogen-bond donors (Lipinski definition) is 3.